The number of hydrogen-bond acceptors (Lipinski definition) is 20. The molecule has 0 amide bonds. The van der Waals surface area contributed by atoms with Crippen LogP contribution >= 0.6 is 0 Å². The van der Waals surface area contributed by atoms with Crippen LogP contribution in [-0.2, 0) is 37.9 Å². The first-order valence-electron chi connectivity index (χ1n) is 14.8. The normalized spacial score (nSPS) is 52.0. The second-order valence-corrected chi connectivity index (χ2v) is 11.7. The third kappa shape index (κ3) is 7.51. The summed E-state index contributed by atoms with van der Waals surface area (Å²) in [5.41, 5.74) is 0. The predicted molar refractivity (Wildman–Crippen MR) is 142 cm³/mol. The summed E-state index contributed by atoms with van der Waals surface area (Å²) in [7, 11) is 1.20. The van der Waals surface area contributed by atoms with E-state index in [-0.39, 0.29) is 0 Å². The van der Waals surface area contributed by atoms with Gasteiger partial charge in [-0.25, -0.2) is 0 Å². The monoisotopic (exact) mass is 678 g/mol. The standard InChI is InChI=1S/C26H46O20/c1-7-8(3-27)40-24(16(35)12(7)31)44-21-10(5-29)42-26(18(37)14(21)33)46-22-11(6-30)43-25(19(38)15(22)34)45-20-9(4-28)41-23(39-2)17(36)13(20)32/h7-38H,3-6H2,1-2H3. The molecular weight excluding hydrogens is 632 g/mol. The van der Waals surface area contributed by atoms with Crippen molar-refractivity contribution in [3.63, 3.8) is 0 Å². The summed E-state index contributed by atoms with van der Waals surface area (Å²) in [6, 6.07) is 0. The van der Waals surface area contributed by atoms with Gasteiger partial charge in [-0.15, -0.1) is 0 Å². The Bertz CT molecular complexity index is 926. The van der Waals surface area contributed by atoms with Gasteiger partial charge in [0.1, 0.15) is 79.4 Å². The maximum atomic E-state index is 10.9. The fraction of sp³-hybridized carbons (Fsp3) is 1.00. The minimum absolute atomic E-state index is 0.528. The van der Waals surface area contributed by atoms with Gasteiger partial charge in [-0.05, 0) is 0 Å². The van der Waals surface area contributed by atoms with Gasteiger partial charge in [0.2, 0.25) is 0 Å². The second-order valence-electron chi connectivity index (χ2n) is 11.7. The Labute approximate surface area is 262 Å². The van der Waals surface area contributed by atoms with Gasteiger partial charge in [0.05, 0.1) is 38.6 Å². The Morgan fingerprint density at radius 3 is 1.02 bits per heavy atom. The summed E-state index contributed by atoms with van der Waals surface area (Å²) < 4.78 is 43.7. The zero-order chi connectivity index (χ0) is 34.0. The molecule has 12 N–H and O–H groups in total. The van der Waals surface area contributed by atoms with Crippen molar-refractivity contribution < 1.29 is 99.2 Å². The Hall–Kier alpha value is -0.800. The quantitative estimate of drug-likeness (QED) is 0.0965. The molecule has 0 aromatic carbocycles. The van der Waals surface area contributed by atoms with Gasteiger partial charge in [0.25, 0.3) is 0 Å². The summed E-state index contributed by atoms with van der Waals surface area (Å²) in [6.07, 6.45) is -30.5. The van der Waals surface area contributed by atoms with Crippen LogP contribution in [0.1, 0.15) is 6.92 Å². The first kappa shape index (κ1) is 38.0. The van der Waals surface area contributed by atoms with E-state index in [1.165, 1.54) is 14.0 Å². The number of methoxy groups -OCH3 is 1. The van der Waals surface area contributed by atoms with Gasteiger partial charge < -0.3 is 99.2 Å². The number of aliphatic hydroxyl groups excluding tert-OH is 12. The molecule has 4 fully saturated rings. The molecule has 0 radical (unpaired) electrons. The van der Waals surface area contributed by atoms with E-state index in [4.69, 9.17) is 37.9 Å². The van der Waals surface area contributed by atoms with E-state index in [2.05, 4.69) is 0 Å². The van der Waals surface area contributed by atoms with Gasteiger partial charge in [-0.2, -0.15) is 0 Å². The summed E-state index contributed by atoms with van der Waals surface area (Å²) in [5, 5.41) is 124. The van der Waals surface area contributed by atoms with Crippen LogP contribution in [0.3, 0.4) is 0 Å². The van der Waals surface area contributed by atoms with Crippen LogP contribution in [0.25, 0.3) is 0 Å². The average Bonchev–Trinajstić information content (AvgIpc) is 3.05. The minimum Gasteiger partial charge on any atom is -0.394 e. The molecule has 4 saturated heterocycles. The van der Waals surface area contributed by atoms with Crippen molar-refractivity contribution in [2.45, 2.75) is 124 Å². The molecule has 0 aromatic rings. The van der Waals surface area contributed by atoms with Crippen LogP contribution in [0.4, 0.5) is 0 Å². The van der Waals surface area contributed by atoms with E-state index in [0.717, 1.165) is 0 Å². The summed E-state index contributed by atoms with van der Waals surface area (Å²) >= 11 is 0. The lowest BCUT2D eigenvalue weighted by Crippen LogP contribution is -2.67. The predicted octanol–water partition coefficient (Wildman–Crippen LogP) is -7.82. The topological polar surface area (TPSA) is 317 Å². The zero-order valence-corrected chi connectivity index (χ0v) is 25.0. The van der Waals surface area contributed by atoms with E-state index >= 15 is 0 Å². The first-order chi connectivity index (χ1) is 21.8. The molecule has 0 bridgehead atoms. The van der Waals surface area contributed by atoms with Gasteiger partial charge in [0.15, 0.2) is 25.2 Å². The Kier molecular flexibility index (Phi) is 13.4. The number of rotatable bonds is 11. The fourth-order valence-electron chi connectivity index (χ4n) is 5.94. The SMILES string of the molecule is COC1OC(CO)C(OC2OC(CO)C(OC3OC(CO)C(OC4OC(CO)C(C)C(O)C4O)C(O)C3O)C(O)C2O)C(O)C1O. The molecule has 0 spiro atoms. The van der Waals surface area contributed by atoms with Crippen molar-refractivity contribution in [2.75, 3.05) is 33.5 Å². The van der Waals surface area contributed by atoms with Gasteiger partial charge >= 0.3 is 0 Å². The van der Waals surface area contributed by atoms with E-state index in [1.54, 1.807) is 0 Å². The number of aliphatic hydroxyl groups is 12. The molecule has 0 aliphatic carbocycles. The smallest absolute Gasteiger partial charge is 0.187 e. The van der Waals surface area contributed by atoms with E-state index in [9.17, 15) is 61.3 Å². The van der Waals surface area contributed by atoms with Crippen molar-refractivity contribution in [1.29, 1.82) is 0 Å². The fourth-order valence-corrected chi connectivity index (χ4v) is 5.94. The molecule has 20 heteroatoms. The molecular formula is C26H46O20. The molecule has 0 aromatic heterocycles. The number of hydrogen-bond donors (Lipinski definition) is 12. The lowest BCUT2D eigenvalue weighted by Gasteiger charge is -2.49. The zero-order valence-electron chi connectivity index (χ0n) is 25.0. The highest BCUT2D eigenvalue weighted by atomic mass is 16.8. The molecule has 4 aliphatic rings. The van der Waals surface area contributed by atoms with Crippen molar-refractivity contribution in [1.82, 2.24) is 0 Å². The van der Waals surface area contributed by atoms with Crippen LogP contribution in [0.2, 0.25) is 0 Å². The minimum atomic E-state index is -1.96. The van der Waals surface area contributed by atoms with Gasteiger partial charge in [-0.1, -0.05) is 6.92 Å². The Balaban J connectivity index is 1.43. The van der Waals surface area contributed by atoms with Crippen LogP contribution < -0.4 is 0 Å². The molecule has 20 nitrogen and oxygen atoms in total. The maximum Gasteiger partial charge on any atom is 0.187 e. The van der Waals surface area contributed by atoms with Crippen LogP contribution in [0, 0.1) is 5.92 Å². The first-order valence-corrected chi connectivity index (χ1v) is 14.8. The van der Waals surface area contributed by atoms with Crippen LogP contribution in [0.15, 0.2) is 0 Å². The average molecular weight is 679 g/mol. The van der Waals surface area contributed by atoms with Crippen LogP contribution in [0.5, 0.6) is 0 Å². The molecule has 20 unspecified atom stereocenters. The van der Waals surface area contributed by atoms with Gasteiger partial charge in [-0.3, -0.25) is 0 Å². The molecule has 4 heterocycles. The molecule has 4 aliphatic heterocycles. The van der Waals surface area contributed by atoms with Gasteiger partial charge in [0, 0.05) is 13.0 Å². The van der Waals surface area contributed by atoms with Crippen molar-refractivity contribution >= 4 is 0 Å². The molecule has 46 heavy (non-hydrogen) atoms. The third-order valence-corrected chi connectivity index (χ3v) is 8.81. The molecule has 0 saturated carbocycles. The molecule has 20 atom stereocenters. The number of ether oxygens (including phenoxy) is 8. The highest BCUT2D eigenvalue weighted by Crippen LogP contribution is 2.34. The highest BCUT2D eigenvalue weighted by molar-refractivity contribution is 4.97. The highest BCUT2D eigenvalue weighted by Gasteiger charge is 2.55. The van der Waals surface area contributed by atoms with E-state index in [1.807, 2.05) is 0 Å². The third-order valence-electron chi connectivity index (χ3n) is 8.81. The maximum absolute atomic E-state index is 10.9. The summed E-state index contributed by atoms with van der Waals surface area (Å²) in [4.78, 5) is 0. The summed E-state index contributed by atoms with van der Waals surface area (Å²) in [5.74, 6) is -0.680. The van der Waals surface area contributed by atoms with Crippen molar-refractivity contribution in [2.24, 2.45) is 5.92 Å². The van der Waals surface area contributed by atoms with Crippen LogP contribution in [-0.4, -0.2) is 212 Å². The van der Waals surface area contributed by atoms with E-state index < -0.39 is 149 Å². The Morgan fingerprint density at radius 1 is 0.413 bits per heavy atom. The second kappa shape index (κ2) is 16.3. The Morgan fingerprint density at radius 2 is 0.696 bits per heavy atom. The van der Waals surface area contributed by atoms with Crippen molar-refractivity contribution in [3.05, 3.63) is 0 Å². The largest absolute Gasteiger partial charge is 0.394 e. The molecule has 270 valence electrons. The van der Waals surface area contributed by atoms with E-state index in [0.29, 0.717) is 0 Å². The lowest BCUT2D eigenvalue weighted by atomic mass is 9.91. The summed E-state index contributed by atoms with van der Waals surface area (Å²) in [6.45, 7) is -1.41. The van der Waals surface area contributed by atoms with Crippen molar-refractivity contribution in [3.8, 4) is 0 Å². The lowest BCUT2D eigenvalue weighted by molar-refractivity contribution is -0.387. The molecule has 4 rings (SSSR count).